The van der Waals surface area contributed by atoms with E-state index in [9.17, 15) is 14.0 Å². The van der Waals surface area contributed by atoms with Crippen molar-refractivity contribution in [3.63, 3.8) is 0 Å². The van der Waals surface area contributed by atoms with Gasteiger partial charge in [0.1, 0.15) is 17.6 Å². The molecule has 0 aliphatic heterocycles. The Balaban J connectivity index is 1.85. The third-order valence-electron chi connectivity index (χ3n) is 5.34. The Bertz CT molecular complexity index is 1050. The van der Waals surface area contributed by atoms with E-state index in [1.807, 2.05) is 55.5 Å². The van der Waals surface area contributed by atoms with Crippen molar-refractivity contribution in [2.45, 2.75) is 25.9 Å². The second kappa shape index (κ2) is 13.9. The Morgan fingerprint density at radius 2 is 1.60 bits per heavy atom. The van der Waals surface area contributed by atoms with Crippen molar-refractivity contribution >= 4 is 11.8 Å². The normalized spacial score (nSPS) is 11.5. The summed E-state index contributed by atoms with van der Waals surface area (Å²) in [4.78, 5) is 28.3. The second-order valence-corrected chi connectivity index (χ2v) is 7.90. The molecular formula is C28H31FN2O4. The second-order valence-electron chi connectivity index (χ2n) is 7.90. The lowest BCUT2D eigenvalue weighted by Gasteiger charge is -2.31. The van der Waals surface area contributed by atoms with Crippen LogP contribution in [0, 0.1) is 5.82 Å². The maximum atomic E-state index is 13.5. The van der Waals surface area contributed by atoms with Gasteiger partial charge in [0.2, 0.25) is 5.91 Å². The molecule has 3 aromatic rings. The van der Waals surface area contributed by atoms with Gasteiger partial charge >= 0.3 is 0 Å². The van der Waals surface area contributed by atoms with Gasteiger partial charge in [0.05, 0.1) is 0 Å². The van der Waals surface area contributed by atoms with Crippen LogP contribution in [0.2, 0.25) is 0 Å². The first-order valence-electron chi connectivity index (χ1n) is 11.7. The lowest BCUT2D eigenvalue weighted by molar-refractivity contribution is -0.143. The summed E-state index contributed by atoms with van der Waals surface area (Å²) in [6, 6.07) is 23.1. The van der Waals surface area contributed by atoms with E-state index < -0.39 is 6.04 Å². The first kappa shape index (κ1) is 25.9. The average molecular weight is 479 g/mol. The first-order valence-corrected chi connectivity index (χ1v) is 11.7. The number of halogens is 1. The van der Waals surface area contributed by atoms with Crippen molar-refractivity contribution in [1.29, 1.82) is 0 Å². The molecule has 3 aromatic carbocycles. The van der Waals surface area contributed by atoms with E-state index >= 15 is 0 Å². The number of carbonyl (C=O) groups is 2. The predicted octanol–water partition coefficient (Wildman–Crippen LogP) is 4.52. The molecule has 3 rings (SSSR count). The van der Waals surface area contributed by atoms with E-state index in [1.54, 1.807) is 24.3 Å². The Labute approximate surface area is 205 Å². The van der Waals surface area contributed by atoms with E-state index in [-0.39, 0.29) is 30.8 Å². The largest absolute Gasteiger partial charge is 0.484 e. The molecule has 0 saturated carbocycles. The number of rotatable bonds is 13. The highest BCUT2D eigenvalue weighted by Crippen LogP contribution is 2.24. The molecule has 2 amide bonds. The minimum Gasteiger partial charge on any atom is -0.484 e. The molecule has 7 heteroatoms. The molecule has 0 spiro atoms. The summed E-state index contributed by atoms with van der Waals surface area (Å²) in [5.41, 5.74) is 1.37. The predicted molar refractivity (Wildman–Crippen MR) is 132 cm³/mol. The molecule has 0 fully saturated rings. The molecule has 6 nitrogen and oxygen atoms in total. The number of benzene rings is 3. The molecule has 35 heavy (non-hydrogen) atoms. The number of nitrogens with one attached hydrogen (secondary N) is 1. The van der Waals surface area contributed by atoms with Crippen LogP contribution in [-0.2, 0) is 20.9 Å². The number of hydrogen-bond donors (Lipinski definition) is 1. The molecule has 184 valence electrons. The molecule has 0 bridgehead atoms. The average Bonchev–Trinajstić information content (AvgIpc) is 2.89. The highest BCUT2D eigenvalue weighted by molar-refractivity contribution is 5.89. The topological polar surface area (TPSA) is 67.9 Å². The highest BCUT2D eigenvalue weighted by Gasteiger charge is 2.31. The van der Waals surface area contributed by atoms with Gasteiger partial charge in [-0.05, 0) is 48.7 Å². The van der Waals surface area contributed by atoms with Crippen LogP contribution in [0.4, 0.5) is 4.39 Å². The smallest absolute Gasteiger partial charge is 0.261 e. The molecule has 0 aliphatic rings. The van der Waals surface area contributed by atoms with Crippen molar-refractivity contribution in [3.05, 3.63) is 102 Å². The molecule has 1 atom stereocenters. The van der Waals surface area contributed by atoms with Gasteiger partial charge in [-0.3, -0.25) is 9.59 Å². The summed E-state index contributed by atoms with van der Waals surface area (Å²) in [6.45, 7) is 3.36. The molecule has 0 saturated heterocycles. The maximum absolute atomic E-state index is 13.5. The van der Waals surface area contributed by atoms with Gasteiger partial charge in [-0.25, -0.2) is 4.39 Å². The Hall–Kier alpha value is -3.71. The molecule has 0 radical (unpaired) electrons. The van der Waals surface area contributed by atoms with Crippen LogP contribution in [0.5, 0.6) is 5.75 Å². The highest BCUT2D eigenvalue weighted by atomic mass is 19.1. The Kier molecular flexibility index (Phi) is 10.3. The van der Waals surface area contributed by atoms with Gasteiger partial charge in [-0.1, -0.05) is 60.7 Å². The zero-order valence-corrected chi connectivity index (χ0v) is 19.9. The Morgan fingerprint density at radius 1 is 0.943 bits per heavy atom. The minimum atomic E-state index is -0.889. The van der Waals surface area contributed by atoms with Crippen LogP contribution in [0.15, 0.2) is 84.9 Å². The van der Waals surface area contributed by atoms with Crippen LogP contribution in [0.25, 0.3) is 0 Å². The maximum Gasteiger partial charge on any atom is 0.261 e. The lowest BCUT2D eigenvalue weighted by Crippen LogP contribution is -2.45. The standard InChI is InChI=1S/C28H31FN2O4/c1-2-34-19-9-18-30-28(33)27(23-10-5-3-6-11-23)31(20-22-14-16-24(29)17-15-22)26(32)21-35-25-12-7-4-8-13-25/h3-8,10-17,27H,2,9,18-21H2,1H3,(H,30,33). The van der Waals surface area contributed by atoms with E-state index in [2.05, 4.69) is 5.32 Å². The fourth-order valence-electron chi connectivity index (χ4n) is 3.59. The number of carbonyl (C=O) groups excluding carboxylic acids is 2. The van der Waals surface area contributed by atoms with Gasteiger partial charge in [0.15, 0.2) is 6.61 Å². The first-order chi connectivity index (χ1) is 17.1. The van der Waals surface area contributed by atoms with Crippen molar-refractivity contribution in [1.82, 2.24) is 10.2 Å². The van der Waals surface area contributed by atoms with Gasteiger partial charge in [0, 0.05) is 26.3 Å². The number of hydrogen-bond acceptors (Lipinski definition) is 4. The Morgan fingerprint density at radius 3 is 2.26 bits per heavy atom. The summed E-state index contributed by atoms with van der Waals surface area (Å²) in [7, 11) is 0. The van der Waals surface area contributed by atoms with Gasteiger partial charge in [-0.2, -0.15) is 0 Å². The van der Waals surface area contributed by atoms with Crippen LogP contribution < -0.4 is 10.1 Å². The van der Waals surface area contributed by atoms with Gasteiger partial charge in [-0.15, -0.1) is 0 Å². The molecule has 0 heterocycles. The van der Waals surface area contributed by atoms with Crippen LogP contribution in [0.1, 0.15) is 30.5 Å². The molecule has 1 N–H and O–H groups in total. The summed E-state index contributed by atoms with van der Waals surface area (Å²) in [6.07, 6.45) is 0.657. The summed E-state index contributed by atoms with van der Waals surface area (Å²) < 4.78 is 24.5. The van der Waals surface area contributed by atoms with Gasteiger partial charge < -0.3 is 19.7 Å². The monoisotopic (exact) mass is 478 g/mol. The number of ether oxygens (including phenoxy) is 2. The van der Waals surface area contributed by atoms with Crippen molar-refractivity contribution < 1.29 is 23.5 Å². The number of para-hydroxylation sites is 1. The van der Waals surface area contributed by atoms with Crippen molar-refractivity contribution in [2.24, 2.45) is 0 Å². The summed E-state index contributed by atoms with van der Waals surface area (Å²) in [5.74, 6) is -0.482. The summed E-state index contributed by atoms with van der Waals surface area (Å²) in [5, 5.41) is 2.93. The van der Waals surface area contributed by atoms with Crippen LogP contribution in [0.3, 0.4) is 0 Å². The van der Waals surface area contributed by atoms with E-state index in [1.165, 1.54) is 17.0 Å². The van der Waals surface area contributed by atoms with Gasteiger partial charge in [0.25, 0.3) is 5.91 Å². The lowest BCUT2D eigenvalue weighted by atomic mass is 10.0. The third-order valence-corrected chi connectivity index (χ3v) is 5.34. The molecule has 0 aliphatic carbocycles. The fourth-order valence-corrected chi connectivity index (χ4v) is 3.59. The molecular weight excluding hydrogens is 447 g/mol. The zero-order chi connectivity index (χ0) is 24.9. The SMILES string of the molecule is CCOCCCNC(=O)C(c1ccccc1)N(Cc1ccc(F)cc1)C(=O)COc1ccccc1. The minimum absolute atomic E-state index is 0.114. The number of amides is 2. The zero-order valence-electron chi connectivity index (χ0n) is 19.9. The summed E-state index contributed by atoms with van der Waals surface area (Å²) >= 11 is 0. The number of nitrogens with zero attached hydrogens (tertiary/aromatic N) is 1. The van der Waals surface area contributed by atoms with E-state index in [0.717, 1.165) is 0 Å². The van der Waals surface area contributed by atoms with Crippen LogP contribution >= 0.6 is 0 Å². The van der Waals surface area contributed by atoms with E-state index in [0.29, 0.717) is 43.1 Å². The van der Waals surface area contributed by atoms with Crippen molar-refractivity contribution in [2.75, 3.05) is 26.4 Å². The fraction of sp³-hybridized carbons (Fsp3) is 0.286. The van der Waals surface area contributed by atoms with Crippen molar-refractivity contribution in [3.8, 4) is 5.75 Å². The third kappa shape index (κ3) is 8.22. The molecule has 1 unspecified atom stereocenters. The quantitative estimate of drug-likeness (QED) is 0.367. The van der Waals surface area contributed by atoms with Crippen LogP contribution in [-0.4, -0.2) is 43.1 Å². The van der Waals surface area contributed by atoms with E-state index in [4.69, 9.17) is 9.47 Å². The molecule has 0 aromatic heterocycles.